The first-order valence-corrected chi connectivity index (χ1v) is 6.24. The van der Waals surface area contributed by atoms with Crippen LogP contribution in [0.2, 0.25) is 5.02 Å². The third kappa shape index (κ3) is 4.60. The molecule has 0 saturated carbocycles. The highest BCUT2D eigenvalue weighted by atomic mass is 35.5. The molecule has 0 aliphatic heterocycles. The molecular formula is C12H18ClN3O2. The minimum atomic E-state index is -0.412. The average molecular weight is 272 g/mol. The number of rotatable bonds is 7. The van der Waals surface area contributed by atoms with E-state index in [1.54, 1.807) is 6.07 Å². The van der Waals surface area contributed by atoms with Crippen LogP contribution >= 0.6 is 11.6 Å². The molecule has 0 aromatic heterocycles. The van der Waals surface area contributed by atoms with Crippen molar-refractivity contribution in [3.05, 3.63) is 38.9 Å². The molecule has 1 aromatic carbocycles. The molecule has 0 amide bonds. The lowest BCUT2D eigenvalue weighted by Gasteiger charge is -2.14. The average Bonchev–Trinajstić information content (AvgIpc) is 2.35. The Balaban J connectivity index is 2.51. The number of nitrogens with zero attached hydrogens (tertiary/aromatic N) is 2. The quantitative estimate of drug-likeness (QED) is 0.470. The number of hydrogen-bond donors (Lipinski definition) is 1. The topological polar surface area (TPSA) is 58.4 Å². The van der Waals surface area contributed by atoms with Gasteiger partial charge in [-0.2, -0.15) is 0 Å². The third-order valence-corrected chi connectivity index (χ3v) is 3.13. The summed E-state index contributed by atoms with van der Waals surface area (Å²) in [5.74, 6) is 0. The second-order valence-electron chi connectivity index (χ2n) is 4.11. The van der Waals surface area contributed by atoms with Crippen molar-refractivity contribution in [3.63, 3.8) is 0 Å². The van der Waals surface area contributed by atoms with Crippen molar-refractivity contribution >= 4 is 17.3 Å². The maximum atomic E-state index is 10.7. The monoisotopic (exact) mass is 271 g/mol. The Kier molecular flexibility index (Phi) is 6.04. The summed E-state index contributed by atoms with van der Waals surface area (Å²) < 4.78 is 0. The molecule has 1 N–H and O–H groups in total. The lowest BCUT2D eigenvalue weighted by molar-refractivity contribution is -0.384. The Morgan fingerprint density at radius 3 is 2.83 bits per heavy atom. The van der Waals surface area contributed by atoms with Gasteiger partial charge < -0.3 is 10.2 Å². The van der Waals surface area contributed by atoms with Crippen LogP contribution in [0.3, 0.4) is 0 Å². The van der Waals surface area contributed by atoms with E-state index in [2.05, 4.69) is 17.1 Å². The number of likely N-dealkylation sites (N-methyl/N-ethyl adjacent to an activating group) is 1. The maximum Gasteiger partial charge on any atom is 0.269 e. The van der Waals surface area contributed by atoms with Crippen LogP contribution in [0.5, 0.6) is 0 Å². The molecule has 0 unspecified atom stereocenters. The van der Waals surface area contributed by atoms with E-state index in [0.717, 1.165) is 25.2 Å². The molecule has 0 heterocycles. The Morgan fingerprint density at radius 1 is 1.50 bits per heavy atom. The van der Waals surface area contributed by atoms with Gasteiger partial charge in [0.15, 0.2) is 0 Å². The largest absolute Gasteiger partial charge is 0.311 e. The summed E-state index contributed by atoms with van der Waals surface area (Å²) >= 11 is 6.00. The molecule has 100 valence electrons. The van der Waals surface area contributed by atoms with E-state index in [1.807, 2.05) is 7.05 Å². The molecule has 0 spiro atoms. The van der Waals surface area contributed by atoms with Crippen LogP contribution in [0.15, 0.2) is 18.2 Å². The molecule has 0 bridgehead atoms. The number of halogens is 1. The fourth-order valence-electron chi connectivity index (χ4n) is 1.46. The van der Waals surface area contributed by atoms with Gasteiger partial charge in [0.05, 0.1) is 4.92 Å². The second-order valence-corrected chi connectivity index (χ2v) is 4.51. The lowest BCUT2D eigenvalue weighted by Crippen LogP contribution is -2.28. The standard InChI is InChI=1S/C12H18ClN3O2/c1-3-15(2)7-6-14-9-10-8-11(16(17)18)4-5-12(10)13/h4-5,8,14H,3,6-7,9H2,1-2H3. The predicted molar refractivity (Wildman–Crippen MR) is 73.0 cm³/mol. The minimum absolute atomic E-state index is 0.0712. The van der Waals surface area contributed by atoms with E-state index in [9.17, 15) is 10.1 Å². The molecule has 1 rings (SSSR count). The van der Waals surface area contributed by atoms with Crippen molar-refractivity contribution in [1.29, 1.82) is 0 Å². The zero-order valence-electron chi connectivity index (χ0n) is 10.6. The second kappa shape index (κ2) is 7.31. The maximum absolute atomic E-state index is 10.7. The number of hydrogen-bond acceptors (Lipinski definition) is 4. The normalized spacial score (nSPS) is 10.9. The Bertz CT molecular complexity index is 412. The van der Waals surface area contributed by atoms with Crippen molar-refractivity contribution in [2.75, 3.05) is 26.7 Å². The summed E-state index contributed by atoms with van der Waals surface area (Å²) in [6.45, 7) is 5.39. The zero-order valence-corrected chi connectivity index (χ0v) is 11.4. The van der Waals surface area contributed by atoms with Crippen molar-refractivity contribution < 1.29 is 4.92 Å². The SMILES string of the molecule is CCN(C)CCNCc1cc([N+](=O)[O-])ccc1Cl. The van der Waals surface area contributed by atoms with Gasteiger partial charge in [-0.3, -0.25) is 10.1 Å². The van der Waals surface area contributed by atoms with Gasteiger partial charge in [-0.25, -0.2) is 0 Å². The number of non-ortho nitro benzene ring substituents is 1. The van der Waals surface area contributed by atoms with E-state index >= 15 is 0 Å². The van der Waals surface area contributed by atoms with E-state index in [1.165, 1.54) is 12.1 Å². The molecule has 0 saturated heterocycles. The van der Waals surface area contributed by atoms with Crippen LogP contribution in [-0.4, -0.2) is 36.5 Å². The lowest BCUT2D eigenvalue weighted by atomic mass is 10.2. The van der Waals surface area contributed by atoms with Gasteiger partial charge in [-0.1, -0.05) is 18.5 Å². The summed E-state index contributed by atoms with van der Waals surface area (Å²) in [5.41, 5.74) is 0.826. The number of nitrogens with one attached hydrogen (secondary N) is 1. The van der Waals surface area contributed by atoms with Crippen molar-refractivity contribution in [2.24, 2.45) is 0 Å². The van der Waals surface area contributed by atoms with Gasteiger partial charge in [0.25, 0.3) is 5.69 Å². The smallest absolute Gasteiger partial charge is 0.269 e. The zero-order chi connectivity index (χ0) is 13.5. The highest BCUT2D eigenvalue weighted by Crippen LogP contribution is 2.21. The van der Waals surface area contributed by atoms with Gasteiger partial charge in [0.2, 0.25) is 0 Å². The van der Waals surface area contributed by atoms with Crippen LogP contribution in [-0.2, 0) is 6.54 Å². The summed E-state index contributed by atoms with van der Waals surface area (Å²) in [4.78, 5) is 12.4. The van der Waals surface area contributed by atoms with Gasteiger partial charge in [0, 0.05) is 36.8 Å². The number of nitro groups is 1. The number of benzene rings is 1. The minimum Gasteiger partial charge on any atom is -0.311 e. The molecule has 0 aliphatic rings. The Morgan fingerprint density at radius 2 is 2.22 bits per heavy atom. The molecule has 0 radical (unpaired) electrons. The summed E-state index contributed by atoms with van der Waals surface area (Å²) in [7, 11) is 2.04. The highest BCUT2D eigenvalue weighted by molar-refractivity contribution is 6.31. The molecular weight excluding hydrogens is 254 g/mol. The molecule has 0 aliphatic carbocycles. The van der Waals surface area contributed by atoms with Crippen LogP contribution in [0.25, 0.3) is 0 Å². The third-order valence-electron chi connectivity index (χ3n) is 2.77. The van der Waals surface area contributed by atoms with Crippen molar-refractivity contribution in [1.82, 2.24) is 10.2 Å². The summed E-state index contributed by atoms with van der Waals surface area (Å²) in [5, 5.41) is 14.4. The predicted octanol–water partition coefficient (Wildman–Crippen LogP) is 2.29. The van der Waals surface area contributed by atoms with Gasteiger partial charge in [-0.05, 0) is 25.2 Å². The summed E-state index contributed by atoms with van der Waals surface area (Å²) in [6.07, 6.45) is 0. The van der Waals surface area contributed by atoms with Gasteiger partial charge >= 0.3 is 0 Å². The van der Waals surface area contributed by atoms with E-state index in [0.29, 0.717) is 11.6 Å². The van der Waals surface area contributed by atoms with Crippen LogP contribution in [0.4, 0.5) is 5.69 Å². The van der Waals surface area contributed by atoms with Crippen LogP contribution in [0, 0.1) is 10.1 Å². The number of nitro benzene ring substituents is 1. The Labute approximate surface area is 112 Å². The van der Waals surface area contributed by atoms with Gasteiger partial charge in [0.1, 0.15) is 0 Å². The first kappa shape index (κ1) is 14.9. The fraction of sp³-hybridized carbons (Fsp3) is 0.500. The fourth-order valence-corrected chi connectivity index (χ4v) is 1.65. The first-order valence-electron chi connectivity index (χ1n) is 5.86. The highest BCUT2D eigenvalue weighted by Gasteiger charge is 2.09. The van der Waals surface area contributed by atoms with Crippen molar-refractivity contribution in [2.45, 2.75) is 13.5 Å². The molecule has 0 fully saturated rings. The molecule has 5 nitrogen and oxygen atoms in total. The Hall–Kier alpha value is -1.17. The van der Waals surface area contributed by atoms with E-state index in [-0.39, 0.29) is 5.69 Å². The molecule has 6 heteroatoms. The van der Waals surface area contributed by atoms with Crippen molar-refractivity contribution in [3.8, 4) is 0 Å². The van der Waals surface area contributed by atoms with Crippen LogP contribution in [0.1, 0.15) is 12.5 Å². The molecule has 1 aromatic rings. The summed E-state index contributed by atoms with van der Waals surface area (Å²) in [6, 6.07) is 4.49. The van der Waals surface area contributed by atoms with Gasteiger partial charge in [-0.15, -0.1) is 0 Å². The first-order chi connectivity index (χ1) is 8.54. The molecule has 18 heavy (non-hydrogen) atoms. The van der Waals surface area contributed by atoms with E-state index < -0.39 is 4.92 Å². The van der Waals surface area contributed by atoms with Crippen LogP contribution < -0.4 is 5.32 Å². The molecule has 0 atom stereocenters. The van der Waals surface area contributed by atoms with E-state index in [4.69, 9.17) is 11.6 Å².